The summed E-state index contributed by atoms with van der Waals surface area (Å²) in [5, 5.41) is 17.2. The van der Waals surface area contributed by atoms with Gasteiger partial charge in [0.05, 0.1) is 5.56 Å². The van der Waals surface area contributed by atoms with Gasteiger partial charge in [-0.15, -0.1) is 0 Å². The van der Waals surface area contributed by atoms with Crippen LogP contribution in [0.15, 0.2) is 6.07 Å². The predicted octanol–water partition coefficient (Wildman–Crippen LogP) is 3.61. The fourth-order valence-electron chi connectivity index (χ4n) is 3.22. The molecule has 0 unspecified atom stereocenters. The summed E-state index contributed by atoms with van der Waals surface area (Å²) in [4.78, 5) is 39.7. The Morgan fingerprint density at radius 2 is 1.42 bits per heavy atom. The molecule has 0 radical (unpaired) electrons. The van der Waals surface area contributed by atoms with E-state index >= 15 is 0 Å². The number of hydrogen-bond acceptors (Lipinski definition) is 6. The Bertz CT molecular complexity index is 925. The number of carboxylic acids is 2. The van der Waals surface area contributed by atoms with Crippen LogP contribution in [0, 0.1) is 5.92 Å². The summed E-state index contributed by atoms with van der Waals surface area (Å²) < 4.78 is 63.5. The van der Waals surface area contributed by atoms with Gasteiger partial charge in [0.25, 0.3) is 5.91 Å². The molecule has 1 aromatic rings. The van der Waals surface area contributed by atoms with E-state index in [1.54, 1.807) is 0 Å². The number of anilines is 1. The number of hydrogen-bond donors (Lipinski definition) is 3. The van der Waals surface area contributed by atoms with E-state index in [0.29, 0.717) is 11.5 Å². The van der Waals surface area contributed by atoms with Crippen molar-refractivity contribution in [1.29, 1.82) is 0 Å². The van der Waals surface area contributed by atoms with Crippen LogP contribution in [0.4, 0.5) is 32.2 Å². The number of carbonyl (C=O) groups is 3. The molecule has 0 aliphatic carbocycles. The lowest BCUT2D eigenvalue weighted by Gasteiger charge is -2.21. The minimum Gasteiger partial charge on any atom is -0.475 e. The molecule has 1 aromatic heterocycles. The molecule has 218 valence electrons. The number of carbonyl (C=O) groups excluding carboxylic acids is 1. The molecule has 0 fully saturated rings. The van der Waals surface area contributed by atoms with Crippen molar-refractivity contribution in [1.82, 2.24) is 15.2 Å². The lowest BCUT2D eigenvalue weighted by Crippen LogP contribution is -2.32. The van der Waals surface area contributed by atoms with Gasteiger partial charge in [0, 0.05) is 51.9 Å². The second kappa shape index (κ2) is 14.7. The van der Waals surface area contributed by atoms with Gasteiger partial charge in [-0.25, -0.2) is 14.6 Å². The number of carboxylic acid groups (broad SMARTS) is 2. The van der Waals surface area contributed by atoms with Crippen molar-refractivity contribution >= 4 is 23.7 Å². The highest BCUT2D eigenvalue weighted by molar-refractivity contribution is 5.99. The molecule has 0 aromatic carbocycles. The minimum atomic E-state index is -5.08. The normalized spacial score (nSPS) is 13.8. The average Bonchev–Trinajstić information content (AvgIpc) is 2.93. The Morgan fingerprint density at radius 3 is 1.79 bits per heavy atom. The summed E-state index contributed by atoms with van der Waals surface area (Å²) in [5.41, 5.74) is 3.05. The van der Waals surface area contributed by atoms with Gasteiger partial charge in [-0.2, -0.15) is 26.3 Å². The van der Waals surface area contributed by atoms with E-state index < -0.39 is 24.3 Å². The maximum atomic E-state index is 12.6. The Hall–Kier alpha value is -3.10. The summed E-state index contributed by atoms with van der Waals surface area (Å²) in [7, 11) is 3.89. The van der Waals surface area contributed by atoms with Gasteiger partial charge in [0.2, 0.25) is 0 Å². The van der Waals surface area contributed by atoms with Crippen molar-refractivity contribution in [3.63, 3.8) is 0 Å². The van der Waals surface area contributed by atoms with Crippen LogP contribution in [0.25, 0.3) is 0 Å². The second-order valence-electron chi connectivity index (χ2n) is 9.29. The molecule has 0 saturated carbocycles. The van der Waals surface area contributed by atoms with Gasteiger partial charge in [-0.1, -0.05) is 13.8 Å². The Labute approximate surface area is 216 Å². The smallest absolute Gasteiger partial charge is 0.475 e. The lowest BCUT2D eigenvalue weighted by molar-refractivity contribution is -0.193. The number of nitrogens with one attached hydrogen (secondary N) is 1. The molecule has 1 aliphatic heterocycles. The SMILES string of the molecule is CC(C)CN1CCc2cc(C(=O)NC(C)C)c(N(C)C)nc2CC1.O=C(O)C(F)(F)F.O=C(O)C(F)(F)F. The Kier molecular flexibility index (Phi) is 13.5. The third-order valence-corrected chi connectivity index (χ3v) is 4.73. The number of amides is 1. The first kappa shape index (κ1) is 34.9. The highest BCUT2D eigenvalue weighted by Crippen LogP contribution is 2.24. The van der Waals surface area contributed by atoms with Gasteiger partial charge in [-0.05, 0) is 37.8 Å². The van der Waals surface area contributed by atoms with E-state index in [1.807, 2.05) is 32.8 Å². The molecule has 9 nitrogen and oxygen atoms in total. The molecule has 0 bridgehead atoms. The number of aromatic nitrogens is 1. The predicted molar refractivity (Wildman–Crippen MR) is 127 cm³/mol. The van der Waals surface area contributed by atoms with Crippen molar-refractivity contribution in [3.05, 3.63) is 22.9 Å². The molecule has 38 heavy (non-hydrogen) atoms. The van der Waals surface area contributed by atoms with Gasteiger partial charge in [0.1, 0.15) is 5.82 Å². The monoisotopic (exact) mass is 560 g/mol. The van der Waals surface area contributed by atoms with Crippen LogP contribution in [0.5, 0.6) is 0 Å². The standard InChI is InChI=1S/C19H32N4O.2C2HF3O2/c1-13(2)12-23-9-7-15-11-16(19(24)20-14(3)4)18(22(5)6)21-17(15)8-10-23;2*3-2(4,5)1(6)7/h11,13-14H,7-10,12H2,1-6H3,(H,20,24);2*(H,6,7). The molecule has 0 spiro atoms. The molecule has 15 heteroatoms. The van der Waals surface area contributed by atoms with Crippen molar-refractivity contribution in [3.8, 4) is 0 Å². The molecule has 1 aliphatic rings. The highest BCUT2D eigenvalue weighted by Gasteiger charge is 2.38. The first-order valence-corrected chi connectivity index (χ1v) is 11.5. The van der Waals surface area contributed by atoms with Gasteiger partial charge < -0.3 is 25.3 Å². The van der Waals surface area contributed by atoms with Gasteiger partial charge in [-0.3, -0.25) is 4.79 Å². The molecule has 2 heterocycles. The Morgan fingerprint density at radius 1 is 0.974 bits per heavy atom. The van der Waals surface area contributed by atoms with Crippen LogP contribution in [0.3, 0.4) is 0 Å². The largest absolute Gasteiger partial charge is 0.490 e. The van der Waals surface area contributed by atoms with Crippen molar-refractivity contribution in [2.75, 3.05) is 38.6 Å². The molecule has 2 rings (SSSR count). The molecule has 0 saturated heterocycles. The number of aliphatic carboxylic acids is 2. The number of fused-ring (bicyclic) bond motifs is 1. The summed E-state index contributed by atoms with van der Waals surface area (Å²) in [6.45, 7) is 11.7. The van der Waals surface area contributed by atoms with Crippen LogP contribution in [0.2, 0.25) is 0 Å². The maximum Gasteiger partial charge on any atom is 0.490 e. The summed E-state index contributed by atoms with van der Waals surface area (Å²) in [6, 6.07) is 2.18. The summed E-state index contributed by atoms with van der Waals surface area (Å²) >= 11 is 0. The molecular formula is C23H34F6N4O5. The van der Waals surface area contributed by atoms with Crippen LogP contribution in [-0.4, -0.2) is 90.1 Å². The van der Waals surface area contributed by atoms with E-state index in [9.17, 15) is 31.1 Å². The number of halogens is 6. The number of pyridine rings is 1. The van der Waals surface area contributed by atoms with E-state index in [-0.39, 0.29) is 11.9 Å². The minimum absolute atomic E-state index is 0.0349. The van der Waals surface area contributed by atoms with Crippen LogP contribution in [0.1, 0.15) is 49.3 Å². The zero-order valence-corrected chi connectivity index (χ0v) is 22.0. The first-order valence-electron chi connectivity index (χ1n) is 11.5. The third-order valence-electron chi connectivity index (χ3n) is 4.73. The lowest BCUT2D eigenvalue weighted by atomic mass is 10.0. The molecule has 0 atom stereocenters. The van der Waals surface area contributed by atoms with Crippen LogP contribution < -0.4 is 10.2 Å². The zero-order valence-electron chi connectivity index (χ0n) is 22.0. The topological polar surface area (TPSA) is 123 Å². The summed E-state index contributed by atoms with van der Waals surface area (Å²) in [6.07, 6.45) is -8.25. The quantitative estimate of drug-likeness (QED) is 0.467. The first-order chi connectivity index (χ1) is 17.2. The fourth-order valence-corrected chi connectivity index (χ4v) is 3.22. The number of rotatable bonds is 5. The second-order valence-corrected chi connectivity index (χ2v) is 9.29. The fraction of sp³-hybridized carbons (Fsp3) is 0.652. The van der Waals surface area contributed by atoms with Crippen molar-refractivity contribution < 1.29 is 50.9 Å². The van der Waals surface area contributed by atoms with Crippen molar-refractivity contribution in [2.24, 2.45) is 5.92 Å². The molecular weight excluding hydrogens is 526 g/mol. The van der Waals surface area contributed by atoms with E-state index in [4.69, 9.17) is 24.8 Å². The van der Waals surface area contributed by atoms with Crippen LogP contribution in [-0.2, 0) is 22.4 Å². The van der Waals surface area contributed by atoms with E-state index in [2.05, 4.69) is 30.1 Å². The van der Waals surface area contributed by atoms with Crippen molar-refractivity contribution in [2.45, 2.75) is 58.9 Å². The zero-order chi connectivity index (χ0) is 30.0. The Balaban J connectivity index is 0.000000804. The number of nitrogens with zero attached hydrogens (tertiary/aromatic N) is 3. The average molecular weight is 561 g/mol. The maximum absolute atomic E-state index is 12.6. The van der Waals surface area contributed by atoms with Gasteiger partial charge >= 0.3 is 24.3 Å². The van der Waals surface area contributed by atoms with E-state index in [1.165, 1.54) is 5.56 Å². The van der Waals surface area contributed by atoms with E-state index in [0.717, 1.165) is 44.0 Å². The van der Waals surface area contributed by atoms with Gasteiger partial charge in [0.15, 0.2) is 0 Å². The molecule has 1 amide bonds. The highest BCUT2D eigenvalue weighted by atomic mass is 19.4. The number of alkyl halides is 6. The van der Waals surface area contributed by atoms with Crippen LogP contribution >= 0.6 is 0 Å². The third kappa shape index (κ3) is 12.9. The molecule has 3 N–H and O–H groups in total. The summed E-state index contributed by atoms with van der Waals surface area (Å²) in [5.74, 6) is -4.11.